The summed E-state index contributed by atoms with van der Waals surface area (Å²) in [5.41, 5.74) is 5.35. The van der Waals surface area contributed by atoms with Crippen molar-refractivity contribution in [3.63, 3.8) is 0 Å². The first-order valence-electron chi connectivity index (χ1n) is 7.94. The van der Waals surface area contributed by atoms with Crippen molar-refractivity contribution in [3.05, 3.63) is 0 Å². The zero-order valence-corrected chi connectivity index (χ0v) is 12.2. The Bertz CT molecular complexity index is 289. The van der Waals surface area contributed by atoms with Gasteiger partial charge >= 0.3 is 0 Å². The lowest BCUT2D eigenvalue weighted by Crippen LogP contribution is -2.53. The van der Waals surface area contributed by atoms with E-state index in [-0.39, 0.29) is 5.91 Å². The monoisotopic (exact) mass is 267 g/mol. The van der Waals surface area contributed by atoms with Gasteiger partial charge in [0.05, 0.1) is 6.54 Å². The molecule has 4 heteroatoms. The number of nitrogens with zero attached hydrogens (tertiary/aromatic N) is 1. The minimum absolute atomic E-state index is 0.197. The molecule has 110 valence electrons. The molecule has 1 aliphatic heterocycles. The molecule has 0 spiro atoms. The molecule has 1 heterocycles. The maximum Gasteiger partial charge on any atom is 0.231 e. The van der Waals surface area contributed by atoms with E-state index in [2.05, 4.69) is 17.1 Å². The molecule has 2 atom stereocenters. The Hall–Kier alpha value is -0.610. The SMILES string of the molecule is CCCC1CC(NC2CCCC2)CN(CC(N)=O)C1. The van der Waals surface area contributed by atoms with E-state index in [0.29, 0.717) is 18.6 Å². The van der Waals surface area contributed by atoms with E-state index in [9.17, 15) is 4.79 Å². The first kappa shape index (κ1) is 14.8. The van der Waals surface area contributed by atoms with Crippen LogP contribution in [0.15, 0.2) is 0 Å². The molecule has 2 rings (SSSR count). The molecule has 1 saturated heterocycles. The average molecular weight is 267 g/mol. The average Bonchev–Trinajstić information content (AvgIpc) is 2.81. The molecule has 2 fully saturated rings. The summed E-state index contributed by atoms with van der Waals surface area (Å²) in [7, 11) is 0. The highest BCUT2D eigenvalue weighted by atomic mass is 16.1. The van der Waals surface area contributed by atoms with Gasteiger partial charge in [0.1, 0.15) is 0 Å². The van der Waals surface area contributed by atoms with Crippen molar-refractivity contribution < 1.29 is 4.79 Å². The van der Waals surface area contributed by atoms with Crippen LogP contribution in [0.4, 0.5) is 0 Å². The quantitative estimate of drug-likeness (QED) is 0.766. The van der Waals surface area contributed by atoms with Crippen LogP contribution in [-0.2, 0) is 4.79 Å². The summed E-state index contributed by atoms with van der Waals surface area (Å²) in [5.74, 6) is 0.522. The lowest BCUT2D eigenvalue weighted by atomic mass is 9.90. The standard InChI is InChI=1S/C15H29N3O/c1-2-5-12-8-14(17-13-6-3-4-7-13)10-18(9-12)11-15(16)19/h12-14,17H,2-11H2,1H3,(H2,16,19). The van der Waals surface area contributed by atoms with E-state index >= 15 is 0 Å². The van der Waals surface area contributed by atoms with Crippen LogP contribution in [-0.4, -0.2) is 42.5 Å². The number of hydrogen-bond donors (Lipinski definition) is 2. The summed E-state index contributed by atoms with van der Waals surface area (Å²) >= 11 is 0. The van der Waals surface area contributed by atoms with Crippen LogP contribution in [0.3, 0.4) is 0 Å². The van der Waals surface area contributed by atoms with Crippen LogP contribution in [0.1, 0.15) is 51.9 Å². The highest BCUT2D eigenvalue weighted by Crippen LogP contribution is 2.24. The Morgan fingerprint density at radius 2 is 2.00 bits per heavy atom. The molecule has 2 aliphatic rings. The molecule has 3 N–H and O–H groups in total. The minimum atomic E-state index is -0.197. The molecule has 19 heavy (non-hydrogen) atoms. The first-order valence-corrected chi connectivity index (χ1v) is 7.94. The number of carbonyl (C=O) groups excluding carboxylic acids is 1. The van der Waals surface area contributed by atoms with Gasteiger partial charge in [-0.3, -0.25) is 9.69 Å². The Kier molecular flexibility index (Phi) is 5.64. The van der Waals surface area contributed by atoms with Crippen LogP contribution in [0.25, 0.3) is 0 Å². The fourth-order valence-corrected chi connectivity index (χ4v) is 3.82. The number of nitrogens with two attached hydrogens (primary N) is 1. The van der Waals surface area contributed by atoms with Crippen LogP contribution in [0.5, 0.6) is 0 Å². The van der Waals surface area contributed by atoms with Crippen LogP contribution in [0.2, 0.25) is 0 Å². The predicted octanol–water partition coefficient (Wildman–Crippen LogP) is 1.49. The molecule has 0 radical (unpaired) electrons. The van der Waals surface area contributed by atoms with Crippen LogP contribution in [0, 0.1) is 5.92 Å². The number of amides is 1. The molecule has 0 aromatic rings. The first-order chi connectivity index (χ1) is 9.17. The van der Waals surface area contributed by atoms with E-state index in [4.69, 9.17) is 5.73 Å². The van der Waals surface area contributed by atoms with Gasteiger partial charge in [0.2, 0.25) is 5.91 Å². The summed E-state index contributed by atoms with van der Waals surface area (Å²) in [6, 6.07) is 1.26. The minimum Gasteiger partial charge on any atom is -0.369 e. The van der Waals surface area contributed by atoms with E-state index in [1.807, 2.05) is 0 Å². The third-order valence-corrected chi connectivity index (χ3v) is 4.52. The maximum atomic E-state index is 11.1. The topological polar surface area (TPSA) is 58.4 Å². The molecular formula is C15H29N3O. The Morgan fingerprint density at radius 3 is 2.63 bits per heavy atom. The second-order valence-electron chi connectivity index (χ2n) is 6.40. The molecule has 0 aromatic heterocycles. The molecule has 1 aliphatic carbocycles. The van der Waals surface area contributed by atoms with Crippen molar-refractivity contribution in [2.24, 2.45) is 11.7 Å². The summed E-state index contributed by atoms with van der Waals surface area (Å²) in [6.07, 6.45) is 9.14. The molecule has 2 unspecified atom stereocenters. The number of hydrogen-bond acceptors (Lipinski definition) is 3. The summed E-state index contributed by atoms with van der Waals surface area (Å²) < 4.78 is 0. The van der Waals surface area contributed by atoms with Gasteiger partial charge in [-0.15, -0.1) is 0 Å². The molecule has 4 nitrogen and oxygen atoms in total. The number of carbonyl (C=O) groups is 1. The van der Waals surface area contributed by atoms with Gasteiger partial charge in [-0.05, 0) is 31.6 Å². The zero-order valence-electron chi connectivity index (χ0n) is 12.2. The molecule has 1 amide bonds. The highest BCUT2D eigenvalue weighted by molar-refractivity contribution is 5.75. The van der Waals surface area contributed by atoms with Crippen molar-refractivity contribution >= 4 is 5.91 Å². The van der Waals surface area contributed by atoms with Crippen molar-refractivity contribution in [2.75, 3.05) is 19.6 Å². The van der Waals surface area contributed by atoms with E-state index < -0.39 is 0 Å². The predicted molar refractivity (Wildman–Crippen MR) is 77.8 cm³/mol. The van der Waals surface area contributed by atoms with Crippen LogP contribution >= 0.6 is 0 Å². The number of nitrogens with one attached hydrogen (secondary N) is 1. The van der Waals surface area contributed by atoms with Crippen molar-refractivity contribution in [1.29, 1.82) is 0 Å². The third kappa shape index (κ3) is 4.77. The van der Waals surface area contributed by atoms with E-state index in [0.717, 1.165) is 19.0 Å². The fraction of sp³-hybridized carbons (Fsp3) is 0.933. The number of piperidine rings is 1. The van der Waals surface area contributed by atoms with Gasteiger partial charge in [-0.25, -0.2) is 0 Å². The molecular weight excluding hydrogens is 238 g/mol. The van der Waals surface area contributed by atoms with Crippen molar-refractivity contribution in [2.45, 2.75) is 64.0 Å². The summed E-state index contributed by atoms with van der Waals surface area (Å²) in [5, 5.41) is 3.82. The Labute approximate surface area is 117 Å². The number of primary amides is 1. The molecule has 0 bridgehead atoms. The van der Waals surface area contributed by atoms with Gasteiger partial charge < -0.3 is 11.1 Å². The fourth-order valence-electron chi connectivity index (χ4n) is 3.82. The second-order valence-corrected chi connectivity index (χ2v) is 6.40. The van der Waals surface area contributed by atoms with Crippen molar-refractivity contribution in [3.8, 4) is 0 Å². The molecule has 0 aromatic carbocycles. The normalized spacial score (nSPS) is 29.7. The summed E-state index contributed by atoms with van der Waals surface area (Å²) in [4.78, 5) is 13.4. The molecule has 1 saturated carbocycles. The number of likely N-dealkylation sites (tertiary alicyclic amines) is 1. The van der Waals surface area contributed by atoms with Gasteiger partial charge in [0, 0.05) is 25.2 Å². The van der Waals surface area contributed by atoms with E-state index in [1.165, 1.54) is 44.9 Å². The highest BCUT2D eigenvalue weighted by Gasteiger charge is 2.29. The summed E-state index contributed by atoms with van der Waals surface area (Å²) in [6.45, 7) is 4.69. The van der Waals surface area contributed by atoms with E-state index in [1.54, 1.807) is 0 Å². The largest absolute Gasteiger partial charge is 0.369 e. The van der Waals surface area contributed by atoms with Crippen molar-refractivity contribution in [1.82, 2.24) is 10.2 Å². The van der Waals surface area contributed by atoms with Gasteiger partial charge in [0.25, 0.3) is 0 Å². The Morgan fingerprint density at radius 1 is 1.26 bits per heavy atom. The second kappa shape index (κ2) is 7.25. The lowest BCUT2D eigenvalue weighted by molar-refractivity contribution is -0.119. The maximum absolute atomic E-state index is 11.1. The van der Waals surface area contributed by atoms with Gasteiger partial charge in [0.15, 0.2) is 0 Å². The smallest absolute Gasteiger partial charge is 0.231 e. The Balaban J connectivity index is 1.87. The third-order valence-electron chi connectivity index (χ3n) is 4.52. The van der Waals surface area contributed by atoms with Gasteiger partial charge in [-0.1, -0.05) is 26.2 Å². The number of rotatable bonds is 6. The zero-order chi connectivity index (χ0) is 13.7. The lowest BCUT2D eigenvalue weighted by Gasteiger charge is -2.38. The van der Waals surface area contributed by atoms with Crippen LogP contribution < -0.4 is 11.1 Å². The van der Waals surface area contributed by atoms with Gasteiger partial charge in [-0.2, -0.15) is 0 Å².